The number of nitrogens with zero attached hydrogens (tertiary/aromatic N) is 3. The molecule has 2 aliphatic heterocycles. The first-order chi connectivity index (χ1) is 14.3. The van der Waals surface area contributed by atoms with Crippen LogP contribution in [0.5, 0.6) is 5.75 Å². The summed E-state index contributed by atoms with van der Waals surface area (Å²) >= 11 is 6.16. The second kappa shape index (κ2) is 8.20. The van der Waals surface area contributed by atoms with Gasteiger partial charge in [-0.05, 0) is 38.9 Å². The number of amides is 1. The third-order valence-electron chi connectivity index (χ3n) is 5.38. The molecule has 0 bridgehead atoms. The topological polar surface area (TPSA) is 93.4 Å². The molecule has 1 fully saturated rings. The van der Waals surface area contributed by atoms with Crippen molar-refractivity contribution in [1.29, 1.82) is 0 Å². The van der Waals surface area contributed by atoms with Crippen LogP contribution in [0.2, 0.25) is 5.02 Å². The van der Waals surface area contributed by atoms with Crippen molar-refractivity contribution >= 4 is 23.1 Å². The summed E-state index contributed by atoms with van der Waals surface area (Å²) in [6, 6.07) is 4.17. The van der Waals surface area contributed by atoms with E-state index < -0.39 is 5.82 Å². The lowest BCUT2D eigenvalue weighted by Gasteiger charge is -2.28. The molecule has 0 spiro atoms. The fourth-order valence-corrected chi connectivity index (χ4v) is 3.57. The number of carbonyl (C=O) groups is 1. The lowest BCUT2D eigenvalue weighted by atomic mass is 10.1. The molecule has 0 radical (unpaired) electrons. The smallest absolute Gasteiger partial charge is 0.258 e. The zero-order chi connectivity index (χ0) is 21.4. The highest BCUT2D eigenvalue weighted by Gasteiger charge is 2.30. The number of aromatic nitrogens is 2. The maximum absolute atomic E-state index is 13.8. The first-order valence-corrected chi connectivity index (χ1v) is 10.1. The van der Waals surface area contributed by atoms with Crippen LogP contribution >= 0.6 is 11.6 Å². The second-order valence-corrected chi connectivity index (χ2v) is 7.97. The van der Waals surface area contributed by atoms with Gasteiger partial charge in [0.25, 0.3) is 5.91 Å². The highest BCUT2D eigenvalue weighted by Crippen LogP contribution is 2.29. The Balaban J connectivity index is 1.54. The number of nitrogens with one attached hydrogen (secondary N) is 1. The van der Waals surface area contributed by atoms with Gasteiger partial charge < -0.3 is 20.7 Å². The fraction of sp³-hybridized carbons (Fsp3) is 0.381. The number of aryl methyl sites for hydroxylation is 2. The maximum atomic E-state index is 13.8. The molecule has 30 heavy (non-hydrogen) atoms. The van der Waals surface area contributed by atoms with Crippen LogP contribution in [0.4, 0.5) is 4.39 Å². The van der Waals surface area contributed by atoms with Crippen LogP contribution in [0.1, 0.15) is 34.0 Å². The van der Waals surface area contributed by atoms with Crippen molar-refractivity contribution in [1.82, 2.24) is 20.2 Å². The van der Waals surface area contributed by atoms with Gasteiger partial charge in [-0.1, -0.05) is 11.6 Å². The van der Waals surface area contributed by atoms with Gasteiger partial charge in [-0.3, -0.25) is 4.79 Å². The van der Waals surface area contributed by atoms with Gasteiger partial charge in [0, 0.05) is 23.4 Å². The van der Waals surface area contributed by atoms with Crippen molar-refractivity contribution < 1.29 is 13.9 Å². The summed E-state index contributed by atoms with van der Waals surface area (Å²) in [4.78, 5) is 23.6. The van der Waals surface area contributed by atoms with E-state index in [2.05, 4.69) is 15.3 Å². The first-order valence-electron chi connectivity index (χ1n) is 9.77. The van der Waals surface area contributed by atoms with Crippen molar-refractivity contribution in [3.8, 4) is 5.75 Å². The molecule has 3 N–H and O–H groups in total. The summed E-state index contributed by atoms with van der Waals surface area (Å²) in [5.74, 6) is -0.0423. The van der Waals surface area contributed by atoms with Gasteiger partial charge in [0.2, 0.25) is 0 Å². The average Bonchev–Trinajstić information content (AvgIpc) is 3.06. The lowest BCUT2D eigenvalue weighted by Crippen LogP contribution is -2.46. The van der Waals surface area contributed by atoms with Gasteiger partial charge in [-0.15, -0.1) is 0 Å². The van der Waals surface area contributed by atoms with Crippen molar-refractivity contribution in [2.75, 3.05) is 26.2 Å². The van der Waals surface area contributed by atoms with E-state index in [0.29, 0.717) is 45.7 Å². The maximum Gasteiger partial charge on any atom is 0.258 e. The van der Waals surface area contributed by atoms with E-state index in [9.17, 15) is 9.18 Å². The molecule has 2 aromatic rings. The van der Waals surface area contributed by atoms with E-state index in [0.717, 1.165) is 13.0 Å². The molecule has 0 aliphatic carbocycles. The molecule has 3 heterocycles. The quantitative estimate of drug-likeness (QED) is 0.755. The third kappa shape index (κ3) is 3.97. The summed E-state index contributed by atoms with van der Waals surface area (Å²) in [6.07, 6.45) is 0.995. The van der Waals surface area contributed by atoms with Crippen molar-refractivity contribution in [3.63, 3.8) is 0 Å². The van der Waals surface area contributed by atoms with Crippen molar-refractivity contribution in [2.24, 2.45) is 5.73 Å². The molecule has 7 nitrogen and oxygen atoms in total. The summed E-state index contributed by atoms with van der Waals surface area (Å²) in [7, 11) is 0. The van der Waals surface area contributed by atoms with E-state index >= 15 is 0 Å². The third-order valence-corrected chi connectivity index (χ3v) is 5.92. The second-order valence-electron chi connectivity index (χ2n) is 7.59. The minimum absolute atomic E-state index is 0.223. The van der Waals surface area contributed by atoms with Crippen LogP contribution in [-0.4, -0.2) is 53.1 Å². The van der Waals surface area contributed by atoms with Crippen LogP contribution in [0, 0.1) is 19.7 Å². The average molecular weight is 432 g/mol. The van der Waals surface area contributed by atoms with E-state index in [1.807, 2.05) is 0 Å². The lowest BCUT2D eigenvalue weighted by molar-refractivity contribution is 0.0793. The first kappa shape index (κ1) is 20.6. The van der Waals surface area contributed by atoms with Gasteiger partial charge >= 0.3 is 0 Å². The van der Waals surface area contributed by atoms with E-state index in [1.165, 1.54) is 18.2 Å². The number of rotatable bonds is 5. The normalized spacial score (nSPS) is 18.5. The molecule has 1 amide bonds. The highest BCUT2D eigenvalue weighted by molar-refractivity contribution is 6.31. The van der Waals surface area contributed by atoms with Gasteiger partial charge in [0.05, 0.1) is 35.1 Å². The van der Waals surface area contributed by atoms with Crippen molar-refractivity contribution in [3.05, 3.63) is 57.5 Å². The molecule has 0 saturated carbocycles. The van der Waals surface area contributed by atoms with Crippen LogP contribution in [-0.2, 0) is 0 Å². The molecular formula is C21H23ClFN5O2. The number of nitrogens with two attached hydrogens (primary N) is 1. The molecule has 4 rings (SSSR count). The summed E-state index contributed by atoms with van der Waals surface area (Å²) < 4.78 is 19.5. The van der Waals surface area contributed by atoms with Gasteiger partial charge in [-0.25, -0.2) is 14.4 Å². The standard InChI is InChI=1S/C21H23ClFN5O2/c1-11-19(22)12(2)27-20(26-11)16-8-28(9-17(16)24)21(29)15-4-3-13(23)7-18(15)30-10-14-5-6-25-14/h3-4,7,14,25H,5-6,8-10,24H2,1-2H3. The van der Waals surface area contributed by atoms with E-state index in [-0.39, 0.29) is 30.8 Å². The Morgan fingerprint density at radius 3 is 2.67 bits per heavy atom. The zero-order valence-electron chi connectivity index (χ0n) is 16.8. The molecule has 2 aliphatic rings. The Bertz CT molecular complexity index is 1020. The van der Waals surface area contributed by atoms with Crippen molar-refractivity contribution in [2.45, 2.75) is 26.3 Å². The number of hydrogen-bond acceptors (Lipinski definition) is 6. The molecule has 1 atom stereocenters. The zero-order valence-corrected chi connectivity index (χ0v) is 17.6. The number of hydrogen-bond donors (Lipinski definition) is 2. The number of benzene rings is 1. The van der Waals surface area contributed by atoms with Crippen LogP contribution < -0.4 is 15.8 Å². The minimum Gasteiger partial charge on any atom is -0.491 e. The monoisotopic (exact) mass is 431 g/mol. The summed E-state index contributed by atoms with van der Waals surface area (Å²) in [5.41, 5.74) is 9.04. The van der Waals surface area contributed by atoms with Crippen LogP contribution in [0.3, 0.4) is 0 Å². The molecule has 1 unspecified atom stereocenters. The summed E-state index contributed by atoms with van der Waals surface area (Å²) in [6.45, 7) is 5.41. The Labute approximate surface area is 179 Å². The largest absolute Gasteiger partial charge is 0.491 e. The molecule has 158 valence electrons. The van der Waals surface area contributed by atoms with Gasteiger partial charge in [0.15, 0.2) is 5.82 Å². The molecule has 1 aromatic carbocycles. The molecule has 1 saturated heterocycles. The number of carbonyl (C=O) groups excluding carboxylic acids is 1. The number of ether oxygens (including phenoxy) is 1. The van der Waals surface area contributed by atoms with Gasteiger partial charge in [-0.2, -0.15) is 0 Å². The molecular weight excluding hydrogens is 409 g/mol. The summed E-state index contributed by atoms with van der Waals surface area (Å²) in [5, 5.41) is 3.73. The predicted molar refractivity (Wildman–Crippen MR) is 112 cm³/mol. The van der Waals surface area contributed by atoms with E-state index in [4.69, 9.17) is 22.1 Å². The Morgan fingerprint density at radius 1 is 1.33 bits per heavy atom. The van der Waals surface area contributed by atoms with Crippen LogP contribution in [0.15, 0.2) is 23.9 Å². The Morgan fingerprint density at radius 2 is 2.03 bits per heavy atom. The molecule has 9 heteroatoms. The molecule has 1 aromatic heterocycles. The van der Waals surface area contributed by atoms with E-state index in [1.54, 1.807) is 18.7 Å². The van der Waals surface area contributed by atoms with Crippen LogP contribution in [0.25, 0.3) is 5.57 Å². The van der Waals surface area contributed by atoms with Gasteiger partial charge in [0.1, 0.15) is 18.2 Å². The minimum atomic E-state index is -0.455. The number of halogens is 2. The highest BCUT2D eigenvalue weighted by atomic mass is 35.5. The predicted octanol–water partition coefficient (Wildman–Crippen LogP) is 2.45. The Hall–Kier alpha value is -2.71. The SMILES string of the molecule is Cc1nc(C2=C(N)CN(C(=O)c3ccc(F)cc3OCC3CCN3)C2)nc(C)c1Cl. The Kier molecular flexibility index (Phi) is 5.62. The fourth-order valence-electron chi connectivity index (χ4n) is 3.49.